The Bertz CT molecular complexity index is 831. The first kappa shape index (κ1) is 22.9. The zero-order chi connectivity index (χ0) is 21.4. The molecule has 0 unspecified atom stereocenters. The predicted molar refractivity (Wildman–Crippen MR) is 111 cm³/mol. The number of nitrogens with zero attached hydrogens (tertiary/aromatic N) is 1. The highest BCUT2D eigenvalue weighted by atomic mass is 32.2. The summed E-state index contributed by atoms with van der Waals surface area (Å²) in [5.74, 6) is -0.200. The second-order valence-electron chi connectivity index (χ2n) is 7.06. The number of benzene rings is 1. The molecule has 0 N–H and O–H groups in total. The molecule has 0 radical (unpaired) electrons. The molecule has 1 aliphatic heterocycles. The molecule has 0 saturated carbocycles. The van der Waals surface area contributed by atoms with Gasteiger partial charge in [-0.05, 0) is 50.5 Å². The van der Waals surface area contributed by atoms with Gasteiger partial charge < -0.3 is 14.4 Å². The average molecular weight is 424 g/mol. The normalized spacial score (nSPS) is 19.1. The molecule has 0 aliphatic carbocycles. The van der Waals surface area contributed by atoms with E-state index in [1.807, 2.05) is 32.9 Å². The Hall–Kier alpha value is -2.35. The Kier molecular flexibility index (Phi) is 8.25. The molecule has 1 saturated heterocycles. The van der Waals surface area contributed by atoms with Crippen LogP contribution >= 0.6 is 0 Å². The molecule has 1 aromatic rings. The van der Waals surface area contributed by atoms with E-state index in [2.05, 4.69) is 0 Å². The zero-order valence-corrected chi connectivity index (χ0v) is 18.0. The van der Waals surface area contributed by atoms with Crippen LogP contribution in [0, 0.1) is 0 Å². The molecule has 29 heavy (non-hydrogen) atoms. The van der Waals surface area contributed by atoms with Crippen LogP contribution in [0.15, 0.2) is 30.3 Å². The van der Waals surface area contributed by atoms with Gasteiger partial charge in [0.05, 0.1) is 18.1 Å². The molecule has 1 fully saturated rings. The van der Waals surface area contributed by atoms with Crippen LogP contribution in [-0.4, -0.2) is 62.0 Å². The lowest BCUT2D eigenvalue weighted by molar-refractivity contribution is -0.150. The number of hydrogen-bond donors (Lipinski definition) is 0. The molecule has 160 valence electrons. The number of ether oxygens (including phenoxy) is 2. The number of carbonyl (C=O) groups excluding carboxylic acids is 2. The third-order valence-electron chi connectivity index (χ3n) is 4.90. The van der Waals surface area contributed by atoms with E-state index in [9.17, 15) is 18.0 Å². The SMILES string of the molecule is CCOc1ccc(/C=C/C(=O)OCC(=O)N([C@@H]2CCS(=O)(=O)C2)[C@@H](C)CC)cc1. The Morgan fingerprint density at radius 2 is 1.93 bits per heavy atom. The molecule has 7 nitrogen and oxygen atoms in total. The van der Waals surface area contributed by atoms with Crippen molar-refractivity contribution in [2.24, 2.45) is 0 Å². The van der Waals surface area contributed by atoms with Crippen LogP contribution in [0.5, 0.6) is 5.75 Å². The second-order valence-corrected chi connectivity index (χ2v) is 9.29. The molecule has 0 spiro atoms. The fourth-order valence-electron chi connectivity index (χ4n) is 3.26. The summed E-state index contributed by atoms with van der Waals surface area (Å²) in [6.07, 6.45) is 3.97. The number of esters is 1. The third-order valence-corrected chi connectivity index (χ3v) is 6.65. The smallest absolute Gasteiger partial charge is 0.331 e. The van der Waals surface area contributed by atoms with E-state index in [1.54, 1.807) is 23.1 Å². The van der Waals surface area contributed by atoms with Crippen molar-refractivity contribution in [1.82, 2.24) is 4.90 Å². The molecule has 2 rings (SSSR count). The van der Waals surface area contributed by atoms with Crippen molar-refractivity contribution in [3.8, 4) is 5.75 Å². The molecule has 1 aromatic carbocycles. The van der Waals surface area contributed by atoms with Gasteiger partial charge in [0.1, 0.15) is 5.75 Å². The molecule has 1 amide bonds. The topological polar surface area (TPSA) is 90.0 Å². The van der Waals surface area contributed by atoms with Gasteiger partial charge in [0.15, 0.2) is 16.4 Å². The van der Waals surface area contributed by atoms with Crippen LogP contribution in [0.1, 0.15) is 39.2 Å². The van der Waals surface area contributed by atoms with Crippen molar-refractivity contribution in [1.29, 1.82) is 0 Å². The quantitative estimate of drug-likeness (QED) is 0.448. The lowest BCUT2D eigenvalue weighted by Crippen LogP contribution is -2.48. The highest BCUT2D eigenvalue weighted by Gasteiger charge is 2.36. The van der Waals surface area contributed by atoms with Crippen LogP contribution in [0.3, 0.4) is 0 Å². The second kappa shape index (κ2) is 10.4. The fourth-order valence-corrected chi connectivity index (χ4v) is 4.97. The summed E-state index contributed by atoms with van der Waals surface area (Å²) >= 11 is 0. The molecular weight excluding hydrogens is 394 g/mol. The van der Waals surface area contributed by atoms with Gasteiger partial charge in [0, 0.05) is 18.2 Å². The van der Waals surface area contributed by atoms with E-state index >= 15 is 0 Å². The fraction of sp³-hybridized carbons (Fsp3) is 0.524. The monoisotopic (exact) mass is 423 g/mol. The first-order chi connectivity index (χ1) is 13.8. The van der Waals surface area contributed by atoms with Crippen LogP contribution in [0.25, 0.3) is 6.08 Å². The lowest BCUT2D eigenvalue weighted by atomic mass is 10.1. The van der Waals surface area contributed by atoms with E-state index in [0.29, 0.717) is 19.4 Å². The summed E-state index contributed by atoms with van der Waals surface area (Å²) in [6.45, 7) is 5.87. The van der Waals surface area contributed by atoms with Crippen molar-refractivity contribution in [3.63, 3.8) is 0 Å². The molecule has 0 bridgehead atoms. The van der Waals surface area contributed by atoms with Gasteiger partial charge in [-0.25, -0.2) is 13.2 Å². The number of sulfone groups is 1. The van der Waals surface area contributed by atoms with Crippen LogP contribution < -0.4 is 4.74 Å². The molecule has 1 aliphatic rings. The Labute approximate surface area is 172 Å². The number of amides is 1. The van der Waals surface area contributed by atoms with Crippen molar-refractivity contribution in [2.45, 2.75) is 45.7 Å². The van der Waals surface area contributed by atoms with Gasteiger partial charge in [0.2, 0.25) is 0 Å². The van der Waals surface area contributed by atoms with Crippen molar-refractivity contribution < 1.29 is 27.5 Å². The standard InChI is InChI=1S/C21H29NO6S/c1-4-16(3)22(18-12-13-29(25,26)15-18)20(23)14-28-21(24)11-8-17-6-9-19(10-7-17)27-5-2/h6-11,16,18H,4-5,12-15H2,1-3H3/b11-8+/t16-,18+/m0/s1. The highest BCUT2D eigenvalue weighted by Crippen LogP contribution is 2.21. The molecular formula is C21H29NO6S. The Morgan fingerprint density at radius 1 is 1.24 bits per heavy atom. The highest BCUT2D eigenvalue weighted by molar-refractivity contribution is 7.91. The van der Waals surface area contributed by atoms with Crippen LogP contribution in [-0.2, 0) is 24.2 Å². The van der Waals surface area contributed by atoms with Gasteiger partial charge >= 0.3 is 5.97 Å². The number of hydrogen-bond acceptors (Lipinski definition) is 6. The maximum atomic E-state index is 12.6. The summed E-state index contributed by atoms with van der Waals surface area (Å²) < 4.78 is 34.0. The predicted octanol–water partition coefficient (Wildman–Crippen LogP) is 2.46. The van der Waals surface area contributed by atoms with E-state index in [-0.39, 0.29) is 29.5 Å². The summed E-state index contributed by atoms with van der Waals surface area (Å²) in [4.78, 5) is 26.2. The van der Waals surface area contributed by atoms with Gasteiger partial charge in [-0.1, -0.05) is 19.1 Å². The van der Waals surface area contributed by atoms with Crippen molar-refractivity contribution in [2.75, 3.05) is 24.7 Å². The maximum Gasteiger partial charge on any atom is 0.331 e. The maximum absolute atomic E-state index is 12.6. The average Bonchev–Trinajstić information content (AvgIpc) is 3.05. The Balaban J connectivity index is 1.92. The third kappa shape index (κ3) is 6.88. The lowest BCUT2D eigenvalue weighted by Gasteiger charge is -2.33. The van der Waals surface area contributed by atoms with Gasteiger partial charge in [-0.2, -0.15) is 0 Å². The first-order valence-electron chi connectivity index (χ1n) is 9.85. The Morgan fingerprint density at radius 3 is 2.48 bits per heavy atom. The molecule has 0 aromatic heterocycles. The van der Waals surface area contributed by atoms with Crippen molar-refractivity contribution >= 4 is 27.8 Å². The van der Waals surface area contributed by atoms with E-state index in [1.165, 1.54) is 6.08 Å². The summed E-state index contributed by atoms with van der Waals surface area (Å²) in [5.41, 5.74) is 0.800. The minimum atomic E-state index is -3.11. The van der Waals surface area contributed by atoms with Crippen LogP contribution in [0.4, 0.5) is 0 Å². The number of carbonyl (C=O) groups is 2. The molecule has 8 heteroatoms. The summed E-state index contributed by atoms with van der Waals surface area (Å²) in [6, 6.07) is 6.74. The largest absolute Gasteiger partial charge is 0.494 e. The first-order valence-corrected chi connectivity index (χ1v) is 11.7. The summed E-state index contributed by atoms with van der Waals surface area (Å²) in [5, 5.41) is 0. The van der Waals surface area contributed by atoms with E-state index in [0.717, 1.165) is 11.3 Å². The van der Waals surface area contributed by atoms with E-state index < -0.39 is 22.4 Å². The number of rotatable bonds is 9. The minimum absolute atomic E-state index is 0.0331. The molecule has 1 heterocycles. The minimum Gasteiger partial charge on any atom is -0.494 e. The van der Waals surface area contributed by atoms with E-state index in [4.69, 9.17) is 9.47 Å². The van der Waals surface area contributed by atoms with Gasteiger partial charge in [-0.15, -0.1) is 0 Å². The summed E-state index contributed by atoms with van der Waals surface area (Å²) in [7, 11) is -3.11. The van der Waals surface area contributed by atoms with Crippen molar-refractivity contribution in [3.05, 3.63) is 35.9 Å². The molecule has 2 atom stereocenters. The van der Waals surface area contributed by atoms with Gasteiger partial charge in [-0.3, -0.25) is 4.79 Å². The van der Waals surface area contributed by atoms with Crippen LogP contribution in [0.2, 0.25) is 0 Å². The van der Waals surface area contributed by atoms with Gasteiger partial charge in [0.25, 0.3) is 5.91 Å². The zero-order valence-electron chi connectivity index (χ0n) is 17.2.